The highest BCUT2D eigenvalue weighted by molar-refractivity contribution is 8.01. The Kier molecular flexibility index (Phi) is 7.48. The zero-order valence-corrected chi connectivity index (χ0v) is 18.3. The van der Waals surface area contributed by atoms with Gasteiger partial charge in [-0.25, -0.2) is 0 Å². The highest BCUT2D eigenvalue weighted by atomic mass is 32.2. The Morgan fingerprint density at radius 1 is 1.17 bits per heavy atom. The van der Waals surface area contributed by atoms with E-state index in [1.165, 1.54) is 28.7 Å². The monoisotopic (exact) mass is 428 g/mol. The van der Waals surface area contributed by atoms with Crippen molar-refractivity contribution >= 4 is 39.8 Å². The number of rotatable bonds is 9. The predicted octanol–water partition coefficient (Wildman–Crippen LogP) is 4.82. The van der Waals surface area contributed by atoms with Crippen LogP contribution in [0.4, 0.5) is 10.8 Å². The molecule has 0 atom stereocenters. The molecule has 3 rings (SSSR count). The van der Waals surface area contributed by atoms with Crippen molar-refractivity contribution in [3.8, 4) is 5.75 Å². The molecule has 0 radical (unpaired) electrons. The summed E-state index contributed by atoms with van der Waals surface area (Å²) >= 11 is 2.81. The van der Waals surface area contributed by atoms with Gasteiger partial charge in [-0.1, -0.05) is 61.2 Å². The largest absolute Gasteiger partial charge is 0.497 e. The van der Waals surface area contributed by atoms with E-state index in [4.69, 9.17) is 4.74 Å². The van der Waals surface area contributed by atoms with Crippen molar-refractivity contribution in [2.45, 2.75) is 30.6 Å². The molecule has 152 valence electrons. The van der Waals surface area contributed by atoms with Gasteiger partial charge in [0.15, 0.2) is 4.34 Å². The Labute approximate surface area is 179 Å². The molecule has 6 nitrogen and oxygen atoms in total. The van der Waals surface area contributed by atoms with Gasteiger partial charge in [-0.3, -0.25) is 4.79 Å². The van der Waals surface area contributed by atoms with Crippen LogP contribution >= 0.6 is 23.1 Å². The number of aromatic nitrogens is 2. The molecule has 0 saturated heterocycles. The Hall–Kier alpha value is -2.58. The van der Waals surface area contributed by atoms with Crippen molar-refractivity contribution < 1.29 is 9.53 Å². The van der Waals surface area contributed by atoms with Crippen molar-refractivity contribution in [2.75, 3.05) is 18.2 Å². The number of ether oxygens (including phenoxy) is 1. The number of nitrogens with zero attached hydrogens (tertiary/aromatic N) is 2. The highest BCUT2D eigenvalue weighted by Gasteiger charge is 2.09. The van der Waals surface area contributed by atoms with Crippen LogP contribution in [0.3, 0.4) is 0 Å². The summed E-state index contributed by atoms with van der Waals surface area (Å²) in [4.78, 5) is 12.1. The predicted molar refractivity (Wildman–Crippen MR) is 119 cm³/mol. The SMILES string of the molecule is COc1cccc(CNC(=O)CSc2nnc(Nc3ccc(C(C)C)cc3)s2)c1. The van der Waals surface area contributed by atoms with E-state index in [-0.39, 0.29) is 5.91 Å². The second-order valence-corrected chi connectivity index (χ2v) is 8.89. The smallest absolute Gasteiger partial charge is 0.230 e. The molecule has 29 heavy (non-hydrogen) atoms. The van der Waals surface area contributed by atoms with Crippen LogP contribution in [0.1, 0.15) is 30.9 Å². The fourth-order valence-electron chi connectivity index (χ4n) is 2.55. The summed E-state index contributed by atoms with van der Waals surface area (Å²) < 4.78 is 5.94. The third-order valence-electron chi connectivity index (χ3n) is 4.19. The first kappa shape index (κ1) is 21.1. The molecule has 1 amide bonds. The zero-order valence-electron chi connectivity index (χ0n) is 16.6. The van der Waals surface area contributed by atoms with Crippen molar-refractivity contribution in [1.29, 1.82) is 0 Å². The van der Waals surface area contributed by atoms with Crippen LogP contribution in [0.5, 0.6) is 5.75 Å². The third-order valence-corrected chi connectivity index (χ3v) is 6.16. The van der Waals surface area contributed by atoms with Crippen LogP contribution in [0.15, 0.2) is 52.9 Å². The summed E-state index contributed by atoms with van der Waals surface area (Å²) in [6.07, 6.45) is 0. The molecule has 0 bridgehead atoms. The van der Waals surface area contributed by atoms with Gasteiger partial charge < -0.3 is 15.4 Å². The molecule has 0 unspecified atom stereocenters. The zero-order chi connectivity index (χ0) is 20.6. The van der Waals surface area contributed by atoms with Crippen LogP contribution < -0.4 is 15.4 Å². The molecule has 1 heterocycles. The van der Waals surface area contributed by atoms with E-state index in [2.05, 4.69) is 46.8 Å². The molecule has 0 saturated carbocycles. The first-order valence-corrected chi connectivity index (χ1v) is 11.1. The lowest BCUT2D eigenvalue weighted by molar-refractivity contribution is -0.118. The average molecular weight is 429 g/mol. The first-order chi connectivity index (χ1) is 14.0. The van der Waals surface area contributed by atoms with Gasteiger partial charge in [0.2, 0.25) is 11.0 Å². The van der Waals surface area contributed by atoms with Crippen molar-refractivity contribution in [1.82, 2.24) is 15.5 Å². The fourth-order valence-corrected chi connectivity index (χ4v) is 4.16. The van der Waals surface area contributed by atoms with Crippen LogP contribution in [0.25, 0.3) is 0 Å². The minimum Gasteiger partial charge on any atom is -0.497 e. The maximum Gasteiger partial charge on any atom is 0.230 e. The number of hydrogen-bond donors (Lipinski definition) is 2. The van der Waals surface area contributed by atoms with E-state index in [1.54, 1.807) is 7.11 Å². The summed E-state index contributed by atoms with van der Waals surface area (Å²) in [5.41, 5.74) is 3.26. The lowest BCUT2D eigenvalue weighted by atomic mass is 10.0. The van der Waals surface area contributed by atoms with Crippen molar-refractivity contribution in [2.24, 2.45) is 0 Å². The average Bonchev–Trinajstić information content (AvgIpc) is 3.18. The van der Waals surface area contributed by atoms with E-state index in [9.17, 15) is 4.79 Å². The summed E-state index contributed by atoms with van der Waals surface area (Å²) in [7, 11) is 1.63. The summed E-state index contributed by atoms with van der Waals surface area (Å²) in [5, 5.41) is 15.2. The molecule has 8 heteroatoms. The van der Waals surface area contributed by atoms with Gasteiger partial charge in [-0.05, 0) is 41.3 Å². The number of nitrogens with one attached hydrogen (secondary N) is 2. The number of carbonyl (C=O) groups is 1. The van der Waals surface area contributed by atoms with Crippen LogP contribution in [-0.2, 0) is 11.3 Å². The Morgan fingerprint density at radius 3 is 2.69 bits per heavy atom. The quantitative estimate of drug-likeness (QED) is 0.476. The summed E-state index contributed by atoms with van der Waals surface area (Å²) in [6.45, 7) is 4.80. The van der Waals surface area contributed by atoms with Gasteiger partial charge in [-0.15, -0.1) is 10.2 Å². The fraction of sp³-hybridized carbons (Fsp3) is 0.286. The number of benzene rings is 2. The number of hydrogen-bond acceptors (Lipinski definition) is 7. The van der Waals surface area contributed by atoms with Gasteiger partial charge in [0, 0.05) is 12.2 Å². The number of methoxy groups -OCH3 is 1. The van der Waals surface area contributed by atoms with Crippen LogP contribution in [-0.4, -0.2) is 29.0 Å². The lowest BCUT2D eigenvalue weighted by Crippen LogP contribution is -2.24. The van der Waals surface area contributed by atoms with Crippen LogP contribution in [0.2, 0.25) is 0 Å². The standard InChI is InChI=1S/C21H24N4O2S2/c1-14(2)16-7-9-17(10-8-16)23-20-24-25-21(29-20)28-13-19(26)22-12-15-5-4-6-18(11-15)27-3/h4-11,14H,12-13H2,1-3H3,(H,22,26)(H,23,24). The van der Waals surface area contributed by atoms with E-state index in [1.807, 2.05) is 36.4 Å². The molecule has 0 fully saturated rings. The van der Waals surface area contributed by atoms with Gasteiger partial charge in [0.25, 0.3) is 0 Å². The number of anilines is 2. The Balaban J connectivity index is 1.45. The van der Waals surface area contributed by atoms with E-state index in [0.29, 0.717) is 23.3 Å². The van der Waals surface area contributed by atoms with E-state index in [0.717, 1.165) is 21.3 Å². The minimum absolute atomic E-state index is 0.0493. The van der Waals surface area contributed by atoms with Crippen molar-refractivity contribution in [3.63, 3.8) is 0 Å². The van der Waals surface area contributed by atoms with E-state index >= 15 is 0 Å². The third kappa shape index (κ3) is 6.47. The molecule has 0 aliphatic carbocycles. The van der Waals surface area contributed by atoms with Crippen molar-refractivity contribution in [3.05, 3.63) is 59.7 Å². The number of amides is 1. The van der Waals surface area contributed by atoms with Crippen LogP contribution in [0, 0.1) is 0 Å². The molecule has 0 spiro atoms. The van der Waals surface area contributed by atoms with Gasteiger partial charge in [-0.2, -0.15) is 0 Å². The molecule has 2 N–H and O–H groups in total. The Morgan fingerprint density at radius 2 is 1.97 bits per heavy atom. The Bertz CT molecular complexity index is 942. The highest BCUT2D eigenvalue weighted by Crippen LogP contribution is 2.28. The summed E-state index contributed by atoms with van der Waals surface area (Å²) in [5.74, 6) is 1.52. The molecular weight excluding hydrogens is 404 g/mol. The number of thioether (sulfide) groups is 1. The molecule has 1 aromatic heterocycles. The normalized spacial score (nSPS) is 10.8. The van der Waals surface area contributed by atoms with Gasteiger partial charge in [0.1, 0.15) is 5.75 Å². The number of carbonyl (C=O) groups excluding carboxylic acids is 1. The topological polar surface area (TPSA) is 76.1 Å². The summed E-state index contributed by atoms with van der Waals surface area (Å²) in [6, 6.07) is 15.9. The van der Waals surface area contributed by atoms with E-state index < -0.39 is 0 Å². The molecule has 3 aromatic rings. The molecule has 0 aliphatic rings. The first-order valence-electron chi connectivity index (χ1n) is 9.26. The molecular formula is C21H24N4O2S2. The molecule has 2 aromatic carbocycles. The maximum absolute atomic E-state index is 12.1. The second kappa shape index (κ2) is 10.3. The molecule has 0 aliphatic heterocycles. The second-order valence-electron chi connectivity index (χ2n) is 6.69. The maximum atomic E-state index is 12.1. The van der Waals surface area contributed by atoms with Gasteiger partial charge >= 0.3 is 0 Å². The lowest BCUT2D eigenvalue weighted by Gasteiger charge is -2.07. The minimum atomic E-state index is -0.0493. The van der Waals surface area contributed by atoms with Gasteiger partial charge in [0.05, 0.1) is 12.9 Å².